The van der Waals surface area contributed by atoms with Crippen LogP contribution in [-0.2, 0) is 14.8 Å². The number of methoxy groups -OCH3 is 1. The van der Waals surface area contributed by atoms with Gasteiger partial charge in [0.1, 0.15) is 11.6 Å². The molecule has 0 radical (unpaired) electrons. The van der Waals surface area contributed by atoms with Crippen LogP contribution < -0.4 is 15.0 Å². The Labute approximate surface area is 238 Å². The number of hydrogen-bond acceptors (Lipinski definition) is 8. The Morgan fingerprint density at radius 1 is 1.17 bits per heavy atom. The van der Waals surface area contributed by atoms with E-state index in [2.05, 4.69) is 14.7 Å². The number of aliphatic hydroxyl groups is 1. The molecule has 0 bridgehead atoms. The summed E-state index contributed by atoms with van der Waals surface area (Å²) in [7, 11) is -2.72. The van der Waals surface area contributed by atoms with Gasteiger partial charge in [-0.1, -0.05) is 43.2 Å². The van der Waals surface area contributed by atoms with Crippen LogP contribution in [-0.4, -0.2) is 59.5 Å². The van der Waals surface area contributed by atoms with Gasteiger partial charge in [-0.3, -0.25) is 4.79 Å². The van der Waals surface area contributed by atoms with Crippen molar-refractivity contribution in [2.24, 2.45) is 0 Å². The largest absolute Gasteiger partial charge is 0.493 e. The van der Waals surface area contributed by atoms with Crippen LogP contribution in [0.2, 0.25) is 0 Å². The number of ether oxygens (including phenoxy) is 2. The van der Waals surface area contributed by atoms with Gasteiger partial charge in [0.25, 0.3) is 5.56 Å². The highest BCUT2D eigenvalue weighted by Crippen LogP contribution is 2.35. The highest BCUT2D eigenvalue weighted by molar-refractivity contribution is 7.89. The lowest BCUT2D eigenvalue weighted by Crippen LogP contribution is -2.42. The Balaban J connectivity index is 1.56. The molecule has 2 unspecified atom stereocenters. The third kappa shape index (κ3) is 5.91. The number of hydrogen-bond donors (Lipinski definition) is 3. The fraction of sp³-hybridized carbons (Fsp3) is 0.414. The predicted octanol–water partition coefficient (Wildman–Crippen LogP) is 3.48. The lowest BCUT2D eigenvalue weighted by Gasteiger charge is -2.24. The van der Waals surface area contributed by atoms with Gasteiger partial charge >= 0.3 is 0 Å². The van der Waals surface area contributed by atoms with E-state index in [1.54, 1.807) is 35.7 Å². The van der Waals surface area contributed by atoms with Gasteiger partial charge in [-0.2, -0.15) is 0 Å². The second kappa shape index (κ2) is 12.1. The Bertz CT molecular complexity index is 1680. The van der Waals surface area contributed by atoms with Gasteiger partial charge in [-0.15, -0.1) is 5.10 Å². The van der Waals surface area contributed by atoms with Crippen LogP contribution in [0.5, 0.6) is 5.75 Å². The van der Waals surface area contributed by atoms with Crippen LogP contribution in [0.25, 0.3) is 16.9 Å². The molecule has 2 atom stereocenters. The van der Waals surface area contributed by atoms with Gasteiger partial charge in [0.2, 0.25) is 10.0 Å². The molecule has 2 heterocycles. The first-order valence-corrected chi connectivity index (χ1v) is 15.2. The lowest BCUT2D eigenvalue weighted by molar-refractivity contribution is 0.0800. The molecule has 2 aromatic heterocycles. The fourth-order valence-corrected chi connectivity index (χ4v) is 6.68. The second-order valence-electron chi connectivity index (χ2n) is 10.2. The summed E-state index contributed by atoms with van der Waals surface area (Å²) in [5, 5.41) is 15.7. The van der Waals surface area contributed by atoms with Crippen molar-refractivity contribution in [3.63, 3.8) is 0 Å². The molecule has 1 aliphatic rings. The van der Waals surface area contributed by atoms with E-state index in [9.17, 15) is 18.3 Å². The molecule has 11 nitrogen and oxygen atoms in total. The molecule has 1 fully saturated rings. The number of nitrogens with one attached hydrogen (secondary N) is 2. The highest BCUT2D eigenvalue weighted by Gasteiger charge is 2.29. The molecule has 41 heavy (non-hydrogen) atoms. The van der Waals surface area contributed by atoms with E-state index in [4.69, 9.17) is 14.6 Å². The summed E-state index contributed by atoms with van der Waals surface area (Å²) in [4.78, 5) is 20.6. The normalized spacial score (nSPS) is 15.8. The molecule has 5 rings (SSSR count). The van der Waals surface area contributed by atoms with Crippen LogP contribution in [0.3, 0.4) is 0 Å². The molecule has 0 saturated heterocycles. The van der Waals surface area contributed by atoms with Crippen LogP contribution >= 0.6 is 0 Å². The lowest BCUT2D eigenvalue weighted by atomic mass is 10.0. The fourth-order valence-electron chi connectivity index (χ4n) is 5.42. The molecule has 3 N–H and O–H groups in total. The van der Waals surface area contributed by atoms with Crippen LogP contribution in [0.15, 0.2) is 58.2 Å². The number of fused-ring (bicyclic) bond motifs is 1. The first-order chi connectivity index (χ1) is 19.7. The Kier molecular flexibility index (Phi) is 8.55. The average Bonchev–Trinajstić information content (AvgIpc) is 3.61. The third-order valence-electron chi connectivity index (χ3n) is 7.41. The minimum absolute atomic E-state index is 0.0609. The molecular formula is C29H35N5O6S. The van der Waals surface area contributed by atoms with Crippen molar-refractivity contribution in [1.82, 2.24) is 24.3 Å². The number of aromatic nitrogens is 4. The molecule has 0 amide bonds. The van der Waals surface area contributed by atoms with E-state index >= 15 is 0 Å². The minimum atomic E-state index is -4.15. The summed E-state index contributed by atoms with van der Waals surface area (Å²) in [6, 6.07) is 12.2. The highest BCUT2D eigenvalue weighted by atomic mass is 32.2. The molecule has 0 spiro atoms. The Morgan fingerprint density at radius 2 is 1.90 bits per heavy atom. The van der Waals surface area contributed by atoms with Crippen molar-refractivity contribution >= 4 is 15.5 Å². The SMILES string of the molecule is CCOc1ccc(S(=O)(=O)NC(COC)C(O)c2ccccc2)cc1-c1nn2c(C3CCCC3)nc(C)c2c(=O)[nH]1. The number of H-pyrrole nitrogens is 1. The van der Waals surface area contributed by atoms with Gasteiger partial charge in [0.15, 0.2) is 11.3 Å². The number of nitrogens with zero attached hydrogens (tertiary/aromatic N) is 3. The first kappa shape index (κ1) is 28.9. The summed E-state index contributed by atoms with van der Waals surface area (Å²) in [6.45, 7) is 3.86. The zero-order chi connectivity index (χ0) is 29.1. The molecule has 1 saturated carbocycles. The van der Waals surface area contributed by atoms with Crippen LogP contribution in [0.1, 0.15) is 61.7 Å². The number of aliphatic hydroxyl groups excluding tert-OH is 1. The summed E-state index contributed by atoms with van der Waals surface area (Å²) in [5.41, 5.74) is 1.46. The summed E-state index contributed by atoms with van der Waals surface area (Å²) < 4.78 is 42.4. The monoisotopic (exact) mass is 581 g/mol. The van der Waals surface area contributed by atoms with Gasteiger partial charge in [-0.25, -0.2) is 22.6 Å². The van der Waals surface area contributed by atoms with Gasteiger partial charge in [-0.05, 0) is 50.5 Å². The predicted molar refractivity (Wildman–Crippen MR) is 154 cm³/mol. The molecule has 4 aromatic rings. The maximum absolute atomic E-state index is 13.6. The van der Waals surface area contributed by atoms with Crippen LogP contribution in [0, 0.1) is 6.92 Å². The van der Waals surface area contributed by atoms with E-state index in [0.717, 1.165) is 31.5 Å². The number of benzene rings is 2. The number of imidazole rings is 1. The summed E-state index contributed by atoms with van der Waals surface area (Å²) in [5.74, 6) is 1.47. The third-order valence-corrected chi connectivity index (χ3v) is 8.90. The molecule has 218 valence electrons. The van der Waals surface area contributed by atoms with Gasteiger partial charge in [0.05, 0.1) is 41.5 Å². The van der Waals surface area contributed by atoms with Gasteiger partial charge < -0.3 is 19.6 Å². The van der Waals surface area contributed by atoms with Crippen molar-refractivity contribution < 1.29 is 23.0 Å². The number of sulfonamides is 1. The van der Waals surface area contributed by atoms with E-state index in [-0.39, 0.29) is 28.8 Å². The van der Waals surface area contributed by atoms with Crippen molar-refractivity contribution in [1.29, 1.82) is 0 Å². The van der Waals surface area contributed by atoms with Crippen molar-refractivity contribution in [3.8, 4) is 17.1 Å². The Hall–Kier alpha value is -3.58. The van der Waals surface area contributed by atoms with Crippen LogP contribution in [0.4, 0.5) is 0 Å². The summed E-state index contributed by atoms with van der Waals surface area (Å²) in [6.07, 6.45) is 3.00. The first-order valence-electron chi connectivity index (χ1n) is 13.7. The van der Waals surface area contributed by atoms with E-state index in [1.807, 2.05) is 13.0 Å². The van der Waals surface area contributed by atoms with Crippen molar-refractivity contribution in [3.05, 3.63) is 76.0 Å². The topological polar surface area (TPSA) is 148 Å². The molecular weight excluding hydrogens is 546 g/mol. The number of aryl methyl sites for hydroxylation is 1. The molecule has 2 aromatic carbocycles. The zero-order valence-corrected chi connectivity index (χ0v) is 24.1. The smallest absolute Gasteiger partial charge is 0.277 e. The molecule has 1 aliphatic carbocycles. The van der Waals surface area contributed by atoms with Crippen molar-refractivity contribution in [2.75, 3.05) is 20.3 Å². The molecule has 0 aliphatic heterocycles. The molecule has 12 heteroatoms. The number of rotatable bonds is 11. The van der Waals surface area contributed by atoms with E-state index in [1.165, 1.54) is 25.3 Å². The van der Waals surface area contributed by atoms with Gasteiger partial charge in [0, 0.05) is 13.0 Å². The summed E-state index contributed by atoms with van der Waals surface area (Å²) >= 11 is 0. The average molecular weight is 582 g/mol. The van der Waals surface area contributed by atoms with Crippen molar-refractivity contribution in [2.45, 2.75) is 62.5 Å². The Morgan fingerprint density at radius 3 is 2.59 bits per heavy atom. The minimum Gasteiger partial charge on any atom is -0.493 e. The maximum atomic E-state index is 13.6. The maximum Gasteiger partial charge on any atom is 0.277 e. The second-order valence-corrected chi connectivity index (χ2v) is 11.9. The van der Waals surface area contributed by atoms with E-state index < -0.39 is 22.2 Å². The quantitative estimate of drug-likeness (QED) is 0.244. The number of aromatic amines is 1. The standard InChI is InChI=1S/C29H35N5O6S/c1-4-40-24-15-14-21(41(37,38)33-23(17-39-3)26(35)19-10-6-5-7-11-19)16-22(24)27-31-29(36)25-18(2)30-28(34(25)32-27)20-12-8-9-13-20/h5-7,10-11,14-16,20,23,26,33,35H,4,8-9,12-13,17H2,1-3H3,(H,31,32,36). The van der Waals surface area contributed by atoms with E-state index in [0.29, 0.717) is 34.7 Å². The zero-order valence-electron chi connectivity index (χ0n) is 23.3.